The van der Waals surface area contributed by atoms with E-state index in [1.54, 1.807) is 14.2 Å². The summed E-state index contributed by atoms with van der Waals surface area (Å²) < 4.78 is 11.2. The summed E-state index contributed by atoms with van der Waals surface area (Å²) in [4.78, 5) is 0. The molecule has 1 unspecified atom stereocenters. The summed E-state index contributed by atoms with van der Waals surface area (Å²) in [6.45, 7) is 7.61. The van der Waals surface area contributed by atoms with Crippen molar-refractivity contribution in [2.24, 2.45) is 5.92 Å². The van der Waals surface area contributed by atoms with E-state index in [1.165, 1.54) is 11.1 Å². The van der Waals surface area contributed by atoms with Gasteiger partial charge in [0.05, 0.1) is 14.2 Å². The van der Waals surface area contributed by atoms with Gasteiger partial charge in [-0.3, -0.25) is 0 Å². The van der Waals surface area contributed by atoms with Crippen LogP contribution in [-0.2, 0) is 6.42 Å². The average molecular weight is 263 g/mol. The van der Waals surface area contributed by atoms with E-state index < -0.39 is 0 Å². The lowest BCUT2D eigenvalue weighted by atomic mass is 9.86. The topological polar surface area (TPSA) is 30.5 Å². The Labute approximate surface area is 116 Å². The van der Waals surface area contributed by atoms with Gasteiger partial charge in [-0.05, 0) is 43.9 Å². The predicted octanol–water partition coefficient (Wildman–Crippen LogP) is 3.25. The first-order valence-corrected chi connectivity index (χ1v) is 7.06. The van der Waals surface area contributed by atoms with Crippen LogP contribution >= 0.6 is 0 Å². The normalized spacial score (nSPS) is 18.3. The molecule has 1 aliphatic heterocycles. The molecule has 1 aromatic rings. The molecule has 3 nitrogen and oxygen atoms in total. The molecule has 1 heterocycles. The number of rotatable bonds is 4. The summed E-state index contributed by atoms with van der Waals surface area (Å²) in [6.07, 6.45) is 2.12. The molecule has 0 spiro atoms. The number of hydrogen-bond acceptors (Lipinski definition) is 3. The Kier molecular flexibility index (Phi) is 4.35. The molecule has 0 saturated heterocycles. The maximum Gasteiger partial charge on any atom is 0.127 e. The molecule has 19 heavy (non-hydrogen) atoms. The van der Waals surface area contributed by atoms with Crippen LogP contribution in [-0.4, -0.2) is 20.8 Å². The van der Waals surface area contributed by atoms with Gasteiger partial charge in [-0.2, -0.15) is 0 Å². The van der Waals surface area contributed by atoms with Crippen molar-refractivity contribution in [1.29, 1.82) is 0 Å². The fraction of sp³-hybridized carbons (Fsp3) is 0.625. The van der Waals surface area contributed by atoms with Gasteiger partial charge in [0.1, 0.15) is 11.5 Å². The lowest BCUT2D eigenvalue weighted by Crippen LogP contribution is -2.31. The number of fused-ring (bicyclic) bond motifs is 1. The zero-order valence-corrected chi connectivity index (χ0v) is 12.7. The molecule has 3 heteroatoms. The van der Waals surface area contributed by atoms with Crippen molar-refractivity contribution >= 4 is 0 Å². The molecule has 0 saturated carbocycles. The van der Waals surface area contributed by atoms with Crippen LogP contribution in [0.3, 0.4) is 0 Å². The van der Waals surface area contributed by atoms with Crippen LogP contribution in [0.4, 0.5) is 0 Å². The number of methoxy groups -OCH3 is 2. The first-order valence-electron chi connectivity index (χ1n) is 7.06. The molecule has 1 aliphatic rings. The van der Waals surface area contributed by atoms with E-state index in [0.717, 1.165) is 36.4 Å². The molecule has 0 amide bonds. The summed E-state index contributed by atoms with van der Waals surface area (Å²) in [5.41, 5.74) is 3.77. The van der Waals surface area contributed by atoms with Crippen molar-refractivity contribution < 1.29 is 9.47 Å². The quantitative estimate of drug-likeness (QED) is 0.904. The zero-order valence-electron chi connectivity index (χ0n) is 12.7. The van der Waals surface area contributed by atoms with Crippen LogP contribution in [0.25, 0.3) is 0 Å². The highest BCUT2D eigenvalue weighted by Crippen LogP contribution is 2.41. The average Bonchev–Trinajstić information content (AvgIpc) is 2.38. The minimum absolute atomic E-state index is 0.368. The third kappa shape index (κ3) is 2.71. The van der Waals surface area contributed by atoms with E-state index in [2.05, 4.69) is 32.2 Å². The highest BCUT2D eigenvalue weighted by atomic mass is 16.5. The zero-order chi connectivity index (χ0) is 14.0. The fourth-order valence-electron chi connectivity index (χ4n) is 3.06. The van der Waals surface area contributed by atoms with Crippen LogP contribution in [0, 0.1) is 12.8 Å². The van der Waals surface area contributed by atoms with Gasteiger partial charge in [0.2, 0.25) is 0 Å². The van der Waals surface area contributed by atoms with Crippen LogP contribution in [0.2, 0.25) is 0 Å². The summed E-state index contributed by atoms with van der Waals surface area (Å²) in [7, 11) is 3.51. The Balaban J connectivity index is 2.55. The number of aryl methyl sites for hydroxylation is 1. The summed E-state index contributed by atoms with van der Waals surface area (Å²) in [6, 6.07) is 2.46. The maximum atomic E-state index is 5.66. The van der Waals surface area contributed by atoms with Gasteiger partial charge in [-0.15, -0.1) is 0 Å². The standard InChI is InChI=1S/C16H25NO2/c1-10(2)8-13-15-12(6-7-17-13)14(18-4)9-11(3)16(15)19-5/h9-10,13,17H,6-8H2,1-5H3. The molecule has 0 radical (unpaired) electrons. The van der Waals surface area contributed by atoms with Crippen molar-refractivity contribution in [3.8, 4) is 11.5 Å². The number of ether oxygens (including phenoxy) is 2. The minimum atomic E-state index is 0.368. The molecule has 106 valence electrons. The van der Waals surface area contributed by atoms with Gasteiger partial charge in [0, 0.05) is 17.2 Å². The number of benzene rings is 1. The Morgan fingerprint density at radius 3 is 2.63 bits per heavy atom. The number of nitrogens with one attached hydrogen (secondary N) is 1. The molecule has 2 rings (SSSR count). The van der Waals surface area contributed by atoms with Gasteiger partial charge in [-0.25, -0.2) is 0 Å². The highest BCUT2D eigenvalue weighted by Gasteiger charge is 2.28. The monoisotopic (exact) mass is 263 g/mol. The summed E-state index contributed by atoms with van der Waals surface area (Å²) in [5.74, 6) is 2.68. The van der Waals surface area contributed by atoms with Crippen molar-refractivity contribution in [2.75, 3.05) is 20.8 Å². The Morgan fingerprint density at radius 2 is 2.05 bits per heavy atom. The third-order valence-electron chi connectivity index (χ3n) is 3.82. The van der Waals surface area contributed by atoms with E-state index in [1.807, 2.05) is 0 Å². The van der Waals surface area contributed by atoms with Crippen LogP contribution in [0.1, 0.15) is 43.0 Å². The second kappa shape index (κ2) is 5.83. The van der Waals surface area contributed by atoms with E-state index in [-0.39, 0.29) is 0 Å². The summed E-state index contributed by atoms with van der Waals surface area (Å²) in [5, 5.41) is 3.62. The second-order valence-electron chi connectivity index (χ2n) is 5.71. The fourth-order valence-corrected chi connectivity index (χ4v) is 3.06. The minimum Gasteiger partial charge on any atom is -0.496 e. The van der Waals surface area contributed by atoms with Crippen molar-refractivity contribution in [3.05, 3.63) is 22.8 Å². The number of hydrogen-bond donors (Lipinski definition) is 1. The first-order chi connectivity index (χ1) is 9.08. The molecule has 0 fully saturated rings. The lowest BCUT2D eigenvalue weighted by molar-refractivity contribution is 0.355. The molecule has 0 bridgehead atoms. The van der Waals surface area contributed by atoms with Gasteiger partial charge in [0.15, 0.2) is 0 Å². The summed E-state index contributed by atoms with van der Waals surface area (Å²) >= 11 is 0. The van der Waals surface area contributed by atoms with Crippen LogP contribution in [0.5, 0.6) is 11.5 Å². The SMILES string of the molecule is COc1cc(C)c(OC)c2c1CCNC2CC(C)C. The van der Waals surface area contributed by atoms with Gasteiger partial charge < -0.3 is 14.8 Å². The second-order valence-corrected chi connectivity index (χ2v) is 5.71. The Bertz CT molecular complexity index is 455. The maximum absolute atomic E-state index is 5.66. The Morgan fingerprint density at radius 1 is 1.32 bits per heavy atom. The molecule has 0 aliphatic carbocycles. The highest BCUT2D eigenvalue weighted by molar-refractivity contribution is 5.55. The smallest absolute Gasteiger partial charge is 0.127 e. The largest absolute Gasteiger partial charge is 0.496 e. The van der Waals surface area contributed by atoms with Gasteiger partial charge in [-0.1, -0.05) is 13.8 Å². The lowest BCUT2D eigenvalue weighted by Gasteiger charge is -2.31. The van der Waals surface area contributed by atoms with E-state index in [9.17, 15) is 0 Å². The molecule has 1 N–H and O–H groups in total. The molecule has 1 aromatic carbocycles. The van der Waals surface area contributed by atoms with Crippen molar-refractivity contribution in [2.45, 2.75) is 39.7 Å². The van der Waals surface area contributed by atoms with Gasteiger partial charge in [0.25, 0.3) is 0 Å². The predicted molar refractivity (Wildman–Crippen MR) is 78.2 cm³/mol. The molecular formula is C16H25NO2. The van der Waals surface area contributed by atoms with Crippen LogP contribution in [0.15, 0.2) is 6.07 Å². The molecule has 0 aromatic heterocycles. The van der Waals surface area contributed by atoms with E-state index in [0.29, 0.717) is 12.0 Å². The molecule has 1 atom stereocenters. The first kappa shape index (κ1) is 14.2. The van der Waals surface area contributed by atoms with Crippen molar-refractivity contribution in [1.82, 2.24) is 5.32 Å². The van der Waals surface area contributed by atoms with E-state index >= 15 is 0 Å². The van der Waals surface area contributed by atoms with Crippen LogP contribution < -0.4 is 14.8 Å². The Hall–Kier alpha value is -1.22. The van der Waals surface area contributed by atoms with Crippen molar-refractivity contribution in [3.63, 3.8) is 0 Å². The third-order valence-corrected chi connectivity index (χ3v) is 3.82. The molecular weight excluding hydrogens is 238 g/mol. The van der Waals surface area contributed by atoms with Gasteiger partial charge >= 0.3 is 0 Å². The van der Waals surface area contributed by atoms with E-state index in [4.69, 9.17) is 9.47 Å².